The Morgan fingerprint density at radius 3 is 2.56 bits per heavy atom. The van der Waals surface area contributed by atoms with Crippen molar-refractivity contribution in [3.8, 4) is 5.75 Å². The summed E-state index contributed by atoms with van der Waals surface area (Å²) in [5.74, 6) is -0.372. The minimum Gasteiger partial charge on any atom is -0.493 e. The first-order valence-corrected chi connectivity index (χ1v) is 6.13. The number of hydrogen-bond donors (Lipinski definition) is 1. The maximum atomic E-state index is 11.6. The third-order valence-electron chi connectivity index (χ3n) is 2.86. The molecule has 100 valence electrons. The molecule has 0 amide bonds. The third kappa shape index (κ3) is 3.23. The van der Waals surface area contributed by atoms with Crippen LogP contribution in [0.1, 0.15) is 31.9 Å². The number of aliphatic hydroxyl groups is 1. The van der Waals surface area contributed by atoms with Crippen LogP contribution in [0.2, 0.25) is 0 Å². The highest BCUT2D eigenvalue weighted by molar-refractivity contribution is 5.73. The molecule has 4 nitrogen and oxygen atoms in total. The number of rotatable bonds is 6. The van der Waals surface area contributed by atoms with Gasteiger partial charge in [-0.3, -0.25) is 4.79 Å². The average molecular weight is 252 g/mol. The van der Waals surface area contributed by atoms with Crippen molar-refractivity contribution in [2.75, 3.05) is 13.7 Å². The van der Waals surface area contributed by atoms with Gasteiger partial charge in [-0.2, -0.15) is 0 Å². The molecule has 0 spiro atoms. The maximum Gasteiger partial charge on any atom is 0.311 e. The highest BCUT2D eigenvalue weighted by Gasteiger charge is 2.29. The second-order valence-corrected chi connectivity index (χ2v) is 3.95. The highest BCUT2D eigenvalue weighted by atomic mass is 16.5. The molecule has 0 saturated heterocycles. The SMILES string of the molecule is CCOc1ccccc1C(O)C(CC)C(=O)OC. The van der Waals surface area contributed by atoms with E-state index >= 15 is 0 Å². The van der Waals surface area contributed by atoms with Crippen LogP contribution in [-0.2, 0) is 9.53 Å². The van der Waals surface area contributed by atoms with Gasteiger partial charge >= 0.3 is 5.97 Å². The molecule has 2 unspecified atom stereocenters. The quantitative estimate of drug-likeness (QED) is 0.789. The average Bonchev–Trinajstić information content (AvgIpc) is 2.40. The zero-order chi connectivity index (χ0) is 13.5. The minimum atomic E-state index is -0.912. The number of para-hydroxylation sites is 1. The molecular weight excluding hydrogens is 232 g/mol. The van der Waals surface area contributed by atoms with Crippen molar-refractivity contribution < 1.29 is 19.4 Å². The Morgan fingerprint density at radius 1 is 1.33 bits per heavy atom. The van der Waals surface area contributed by atoms with Gasteiger partial charge in [-0.1, -0.05) is 25.1 Å². The second kappa shape index (κ2) is 7.01. The molecular formula is C14H20O4. The molecule has 0 aliphatic rings. The van der Waals surface area contributed by atoms with Gasteiger partial charge in [-0.25, -0.2) is 0 Å². The number of ether oxygens (including phenoxy) is 2. The summed E-state index contributed by atoms with van der Waals surface area (Å²) >= 11 is 0. The standard InChI is InChI=1S/C14H20O4/c1-4-10(14(16)17-3)13(15)11-8-6-7-9-12(11)18-5-2/h6-10,13,15H,4-5H2,1-3H3. The van der Waals surface area contributed by atoms with Crippen LogP contribution in [0.5, 0.6) is 5.75 Å². The normalized spacial score (nSPS) is 13.8. The predicted octanol–water partition coefficient (Wildman–Crippen LogP) is 2.32. The molecule has 1 N–H and O–H groups in total. The lowest BCUT2D eigenvalue weighted by molar-refractivity contribution is -0.149. The Hall–Kier alpha value is -1.55. The summed E-state index contributed by atoms with van der Waals surface area (Å²) in [7, 11) is 1.33. The molecule has 0 saturated carbocycles. The Kier molecular flexibility index (Phi) is 5.65. The van der Waals surface area contributed by atoms with E-state index in [0.29, 0.717) is 24.3 Å². The lowest BCUT2D eigenvalue weighted by Crippen LogP contribution is -2.23. The molecule has 1 rings (SSSR count). The Balaban J connectivity index is 3.00. The van der Waals surface area contributed by atoms with E-state index in [1.165, 1.54) is 7.11 Å². The molecule has 1 aromatic rings. The fourth-order valence-corrected chi connectivity index (χ4v) is 1.90. The fourth-order valence-electron chi connectivity index (χ4n) is 1.90. The molecule has 0 aromatic heterocycles. The van der Waals surface area contributed by atoms with E-state index in [-0.39, 0.29) is 0 Å². The monoisotopic (exact) mass is 252 g/mol. The van der Waals surface area contributed by atoms with Crippen molar-refractivity contribution in [2.24, 2.45) is 5.92 Å². The second-order valence-electron chi connectivity index (χ2n) is 3.95. The number of esters is 1. The van der Waals surface area contributed by atoms with Gasteiger partial charge in [-0.05, 0) is 19.4 Å². The van der Waals surface area contributed by atoms with E-state index in [1.54, 1.807) is 12.1 Å². The summed E-state index contributed by atoms with van der Waals surface area (Å²) in [4.78, 5) is 11.6. The Labute approximate surface area is 108 Å². The topological polar surface area (TPSA) is 55.8 Å². The summed E-state index contributed by atoms with van der Waals surface area (Å²) in [6, 6.07) is 7.19. The molecule has 18 heavy (non-hydrogen) atoms. The molecule has 2 atom stereocenters. The van der Waals surface area contributed by atoms with Crippen LogP contribution in [0, 0.1) is 5.92 Å². The van der Waals surface area contributed by atoms with E-state index in [4.69, 9.17) is 9.47 Å². The van der Waals surface area contributed by atoms with Gasteiger partial charge in [0.05, 0.1) is 25.7 Å². The van der Waals surface area contributed by atoms with Crippen LogP contribution in [0.15, 0.2) is 24.3 Å². The van der Waals surface area contributed by atoms with Gasteiger partial charge in [-0.15, -0.1) is 0 Å². The molecule has 0 aliphatic carbocycles. The van der Waals surface area contributed by atoms with E-state index in [9.17, 15) is 9.90 Å². The van der Waals surface area contributed by atoms with E-state index in [0.717, 1.165) is 0 Å². The van der Waals surface area contributed by atoms with Crippen LogP contribution in [-0.4, -0.2) is 24.8 Å². The Bertz CT molecular complexity index is 389. The Morgan fingerprint density at radius 2 is 2.00 bits per heavy atom. The first-order valence-electron chi connectivity index (χ1n) is 6.13. The van der Waals surface area contributed by atoms with Crippen LogP contribution in [0.4, 0.5) is 0 Å². The summed E-state index contributed by atoms with van der Waals surface area (Å²) in [6.07, 6.45) is -0.404. The van der Waals surface area contributed by atoms with Gasteiger partial charge < -0.3 is 14.6 Å². The number of methoxy groups -OCH3 is 1. The molecule has 0 heterocycles. The maximum absolute atomic E-state index is 11.6. The molecule has 0 aliphatic heterocycles. The van der Waals surface area contributed by atoms with Crippen LogP contribution < -0.4 is 4.74 Å². The van der Waals surface area contributed by atoms with Crippen LogP contribution in [0.3, 0.4) is 0 Å². The van der Waals surface area contributed by atoms with Crippen molar-refractivity contribution >= 4 is 5.97 Å². The number of benzene rings is 1. The van der Waals surface area contributed by atoms with E-state index < -0.39 is 18.0 Å². The smallest absolute Gasteiger partial charge is 0.311 e. The zero-order valence-electron chi connectivity index (χ0n) is 11.1. The van der Waals surface area contributed by atoms with E-state index in [1.807, 2.05) is 26.0 Å². The van der Waals surface area contributed by atoms with Gasteiger partial charge in [0.25, 0.3) is 0 Å². The lowest BCUT2D eigenvalue weighted by atomic mass is 9.93. The first kappa shape index (κ1) is 14.5. The molecule has 1 aromatic carbocycles. The van der Waals surface area contributed by atoms with Gasteiger partial charge in [0.15, 0.2) is 0 Å². The van der Waals surface area contributed by atoms with Gasteiger partial charge in [0.2, 0.25) is 0 Å². The highest BCUT2D eigenvalue weighted by Crippen LogP contribution is 2.32. The number of carbonyl (C=O) groups is 1. The van der Waals surface area contributed by atoms with Crippen molar-refractivity contribution in [1.29, 1.82) is 0 Å². The largest absolute Gasteiger partial charge is 0.493 e. The van der Waals surface area contributed by atoms with E-state index in [2.05, 4.69) is 0 Å². The third-order valence-corrected chi connectivity index (χ3v) is 2.86. The molecule has 4 heteroatoms. The minimum absolute atomic E-state index is 0.406. The van der Waals surface area contributed by atoms with Gasteiger partial charge in [0, 0.05) is 5.56 Å². The van der Waals surface area contributed by atoms with Crippen LogP contribution >= 0.6 is 0 Å². The molecule has 0 fully saturated rings. The fraction of sp³-hybridized carbons (Fsp3) is 0.500. The first-order chi connectivity index (χ1) is 8.65. The van der Waals surface area contributed by atoms with Crippen molar-refractivity contribution in [2.45, 2.75) is 26.4 Å². The van der Waals surface area contributed by atoms with Gasteiger partial charge in [0.1, 0.15) is 5.75 Å². The van der Waals surface area contributed by atoms with Crippen LogP contribution in [0.25, 0.3) is 0 Å². The number of hydrogen-bond acceptors (Lipinski definition) is 4. The molecule has 0 bridgehead atoms. The molecule has 0 radical (unpaired) electrons. The predicted molar refractivity (Wildman–Crippen MR) is 68.4 cm³/mol. The summed E-state index contributed by atoms with van der Waals surface area (Å²) in [6.45, 7) is 4.23. The number of aliphatic hydroxyl groups excluding tert-OH is 1. The summed E-state index contributed by atoms with van der Waals surface area (Å²) in [5.41, 5.74) is 0.622. The van der Waals surface area contributed by atoms with Crippen molar-refractivity contribution in [3.05, 3.63) is 29.8 Å². The van der Waals surface area contributed by atoms with Crippen molar-refractivity contribution in [3.63, 3.8) is 0 Å². The summed E-state index contributed by atoms with van der Waals surface area (Å²) in [5, 5.41) is 10.3. The number of carbonyl (C=O) groups excluding carboxylic acids is 1. The lowest BCUT2D eigenvalue weighted by Gasteiger charge is -2.21. The van der Waals surface area contributed by atoms with Crippen molar-refractivity contribution in [1.82, 2.24) is 0 Å². The summed E-state index contributed by atoms with van der Waals surface area (Å²) < 4.78 is 10.2. The zero-order valence-corrected chi connectivity index (χ0v) is 11.1.